The number of benzene rings is 1. The number of nitrogens with two attached hydrogens (primary N) is 1. The summed E-state index contributed by atoms with van der Waals surface area (Å²) in [5.74, 6) is -0.846. The highest BCUT2D eigenvalue weighted by molar-refractivity contribution is 9.10. The van der Waals surface area contributed by atoms with E-state index in [1.54, 1.807) is 0 Å². The second-order valence-electron chi connectivity index (χ2n) is 5.08. The van der Waals surface area contributed by atoms with Crippen molar-refractivity contribution in [2.75, 3.05) is 5.32 Å². The molecule has 0 aliphatic carbocycles. The summed E-state index contributed by atoms with van der Waals surface area (Å²) in [4.78, 5) is 11.9. The van der Waals surface area contributed by atoms with Gasteiger partial charge in [0, 0.05) is 4.47 Å². The van der Waals surface area contributed by atoms with E-state index in [0.717, 1.165) is 6.07 Å². The molecule has 0 bridgehead atoms. The largest absolute Gasteiger partial charge is 0.322 e. The topological polar surface area (TPSA) is 55.1 Å². The summed E-state index contributed by atoms with van der Waals surface area (Å²) in [5, 5.41) is 2.72. The molecule has 0 heterocycles. The number of nitrogens with one attached hydrogen (secondary N) is 1. The summed E-state index contributed by atoms with van der Waals surface area (Å²) in [6.07, 6.45) is 0. The van der Waals surface area contributed by atoms with Crippen molar-refractivity contribution in [1.82, 2.24) is 0 Å². The number of carbonyl (C=O) groups is 1. The molecule has 0 aromatic heterocycles. The monoisotopic (exact) mass is 336 g/mol. The van der Waals surface area contributed by atoms with Crippen molar-refractivity contribution >= 4 is 39.1 Å². The zero-order valence-corrected chi connectivity index (χ0v) is 12.7. The first-order valence-electron chi connectivity index (χ1n) is 5.34. The molecule has 0 fully saturated rings. The van der Waals surface area contributed by atoms with Crippen molar-refractivity contribution in [3.8, 4) is 0 Å². The molecular weight excluding hydrogens is 322 g/mol. The van der Waals surface area contributed by atoms with Crippen LogP contribution in [-0.4, -0.2) is 11.9 Å². The summed E-state index contributed by atoms with van der Waals surface area (Å²) in [7, 11) is 0. The third-order valence-corrected chi connectivity index (χ3v) is 3.39. The van der Waals surface area contributed by atoms with Gasteiger partial charge in [0.2, 0.25) is 5.91 Å². The molecular formula is C12H15BrClFN2O. The van der Waals surface area contributed by atoms with E-state index in [4.69, 9.17) is 17.3 Å². The van der Waals surface area contributed by atoms with E-state index in [0.29, 0.717) is 10.2 Å². The molecule has 0 aliphatic rings. The van der Waals surface area contributed by atoms with Crippen molar-refractivity contribution in [2.24, 2.45) is 11.1 Å². The lowest BCUT2D eigenvalue weighted by Gasteiger charge is -2.26. The lowest BCUT2D eigenvalue weighted by atomic mass is 9.87. The van der Waals surface area contributed by atoms with E-state index in [9.17, 15) is 9.18 Å². The van der Waals surface area contributed by atoms with Gasteiger partial charge in [-0.05, 0) is 33.5 Å². The second kappa shape index (κ2) is 5.55. The molecule has 0 saturated heterocycles. The average molecular weight is 338 g/mol. The summed E-state index contributed by atoms with van der Waals surface area (Å²) in [6, 6.07) is 1.67. The molecule has 1 unspecified atom stereocenters. The highest BCUT2D eigenvalue weighted by atomic mass is 79.9. The maximum Gasteiger partial charge on any atom is 0.241 e. The van der Waals surface area contributed by atoms with Crippen molar-refractivity contribution < 1.29 is 9.18 Å². The Labute approximate surface area is 119 Å². The van der Waals surface area contributed by atoms with Gasteiger partial charge in [-0.3, -0.25) is 4.79 Å². The van der Waals surface area contributed by atoms with Crippen molar-refractivity contribution in [2.45, 2.75) is 26.8 Å². The SMILES string of the molecule is CC(C)(C)C(N)C(=O)Nc1c(Cl)cc(F)cc1Br. The van der Waals surface area contributed by atoms with E-state index in [2.05, 4.69) is 21.2 Å². The Bertz CT molecular complexity index is 451. The van der Waals surface area contributed by atoms with Gasteiger partial charge in [-0.1, -0.05) is 32.4 Å². The number of rotatable bonds is 2. The summed E-state index contributed by atoms with van der Waals surface area (Å²) >= 11 is 9.02. The van der Waals surface area contributed by atoms with E-state index < -0.39 is 11.9 Å². The van der Waals surface area contributed by atoms with E-state index >= 15 is 0 Å². The molecule has 0 radical (unpaired) electrons. The normalized spacial score (nSPS) is 13.3. The van der Waals surface area contributed by atoms with Crippen LogP contribution in [0, 0.1) is 11.2 Å². The van der Waals surface area contributed by atoms with Crippen LogP contribution in [0.5, 0.6) is 0 Å². The third-order valence-electron chi connectivity index (χ3n) is 2.47. The van der Waals surface area contributed by atoms with Crippen LogP contribution in [0.4, 0.5) is 10.1 Å². The molecule has 1 aromatic rings. The fourth-order valence-electron chi connectivity index (χ4n) is 1.26. The Balaban J connectivity index is 2.96. The molecule has 18 heavy (non-hydrogen) atoms. The Morgan fingerprint density at radius 3 is 2.50 bits per heavy atom. The first-order valence-corrected chi connectivity index (χ1v) is 6.51. The van der Waals surface area contributed by atoms with Gasteiger partial charge in [0.15, 0.2) is 0 Å². The van der Waals surface area contributed by atoms with Gasteiger partial charge in [-0.15, -0.1) is 0 Å². The minimum atomic E-state index is -0.689. The Morgan fingerprint density at radius 1 is 1.50 bits per heavy atom. The van der Waals surface area contributed by atoms with Gasteiger partial charge in [-0.2, -0.15) is 0 Å². The maximum absolute atomic E-state index is 13.0. The van der Waals surface area contributed by atoms with Gasteiger partial charge >= 0.3 is 0 Å². The highest BCUT2D eigenvalue weighted by Crippen LogP contribution is 2.32. The van der Waals surface area contributed by atoms with Gasteiger partial charge in [0.25, 0.3) is 0 Å². The van der Waals surface area contributed by atoms with Crippen LogP contribution in [-0.2, 0) is 4.79 Å². The zero-order valence-electron chi connectivity index (χ0n) is 10.4. The first-order chi connectivity index (χ1) is 8.12. The number of anilines is 1. The fourth-order valence-corrected chi connectivity index (χ4v) is 2.15. The van der Waals surface area contributed by atoms with Crippen molar-refractivity contribution in [1.29, 1.82) is 0 Å². The number of carbonyl (C=O) groups excluding carboxylic acids is 1. The Kier molecular flexibility index (Phi) is 4.75. The molecule has 100 valence electrons. The number of halogens is 3. The fraction of sp³-hybridized carbons (Fsp3) is 0.417. The highest BCUT2D eigenvalue weighted by Gasteiger charge is 2.28. The van der Waals surface area contributed by atoms with Crippen LogP contribution in [0.1, 0.15) is 20.8 Å². The van der Waals surface area contributed by atoms with Crippen LogP contribution < -0.4 is 11.1 Å². The standard InChI is InChI=1S/C12H15BrClFN2O/c1-12(2,3)10(16)11(18)17-9-7(13)4-6(15)5-8(9)14/h4-5,10H,16H2,1-3H3,(H,17,18). The average Bonchev–Trinajstić information content (AvgIpc) is 2.20. The lowest BCUT2D eigenvalue weighted by molar-refractivity contribution is -0.119. The van der Waals surface area contributed by atoms with Crippen molar-refractivity contribution in [3.05, 3.63) is 27.4 Å². The molecule has 0 spiro atoms. The minimum Gasteiger partial charge on any atom is -0.322 e. The molecule has 6 heteroatoms. The van der Waals surface area contributed by atoms with Gasteiger partial charge < -0.3 is 11.1 Å². The number of hydrogen-bond donors (Lipinski definition) is 2. The van der Waals surface area contributed by atoms with Crippen LogP contribution in [0.3, 0.4) is 0 Å². The van der Waals surface area contributed by atoms with Crippen molar-refractivity contribution in [3.63, 3.8) is 0 Å². The zero-order chi connectivity index (χ0) is 14.1. The smallest absolute Gasteiger partial charge is 0.241 e. The predicted octanol–water partition coefficient (Wildman–Crippen LogP) is 3.55. The lowest BCUT2D eigenvalue weighted by Crippen LogP contribution is -2.45. The maximum atomic E-state index is 13.0. The molecule has 1 amide bonds. The second-order valence-corrected chi connectivity index (χ2v) is 6.34. The Hall–Kier alpha value is -0.650. The molecule has 3 N–H and O–H groups in total. The summed E-state index contributed by atoms with van der Waals surface area (Å²) in [5.41, 5.74) is 5.78. The van der Waals surface area contributed by atoms with Gasteiger partial charge in [0.05, 0.1) is 16.8 Å². The Morgan fingerprint density at radius 2 is 2.06 bits per heavy atom. The predicted molar refractivity (Wildman–Crippen MR) is 75.2 cm³/mol. The van der Waals surface area contributed by atoms with E-state index in [-0.39, 0.29) is 16.3 Å². The number of hydrogen-bond acceptors (Lipinski definition) is 2. The third kappa shape index (κ3) is 3.67. The van der Waals surface area contributed by atoms with Gasteiger partial charge in [-0.25, -0.2) is 4.39 Å². The molecule has 0 saturated carbocycles. The van der Waals surface area contributed by atoms with Gasteiger partial charge in [0.1, 0.15) is 5.82 Å². The quantitative estimate of drug-likeness (QED) is 0.867. The molecule has 1 aromatic carbocycles. The van der Waals surface area contributed by atoms with Crippen LogP contribution in [0.15, 0.2) is 16.6 Å². The van der Waals surface area contributed by atoms with E-state index in [1.165, 1.54) is 6.07 Å². The molecule has 3 nitrogen and oxygen atoms in total. The first kappa shape index (κ1) is 15.4. The van der Waals surface area contributed by atoms with E-state index in [1.807, 2.05) is 20.8 Å². The molecule has 0 aliphatic heterocycles. The molecule has 1 atom stereocenters. The minimum absolute atomic E-state index is 0.122. The van der Waals surface area contributed by atoms with Crippen LogP contribution >= 0.6 is 27.5 Å². The summed E-state index contributed by atoms with van der Waals surface area (Å²) in [6.45, 7) is 5.58. The molecule has 1 rings (SSSR count). The van der Waals surface area contributed by atoms with Crippen LogP contribution in [0.25, 0.3) is 0 Å². The van der Waals surface area contributed by atoms with Crippen LogP contribution in [0.2, 0.25) is 5.02 Å². The number of amides is 1. The summed E-state index contributed by atoms with van der Waals surface area (Å²) < 4.78 is 13.4.